The van der Waals surface area contributed by atoms with E-state index in [4.69, 9.17) is 9.47 Å². The Balaban J connectivity index is 2.14. The van der Waals surface area contributed by atoms with Crippen molar-refractivity contribution in [2.24, 2.45) is 0 Å². The van der Waals surface area contributed by atoms with Crippen LogP contribution in [0.2, 0.25) is 0 Å². The molecule has 7 nitrogen and oxygen atoms in total. The van der Waals surface area contributed by atoms with Crippen molar-refractivity contribution in [1.29, 1.82) is 0 Å². The molecule has 168 valence electrons. The summed E-state index contributed by atoms with van der Waals surface area (Å²) in [6.45, 7) is 6.19. The van der Waals surface area contributed by atoms with E-state index < -0.39 is 17.8 Å². The second-order valence-corrected chi connectivity index (χ2v) is 7.87. The Morgan fingerprint density at radius 3 is 2.28 bits per heavy atom. The Hall–Kier alpha value is -3.45. The van der Waals surface area contributed by atoms with Gasteiger partial charge in [-0.15, -0.1) is 0 Å². The molecule has 3 rings (SSSR count). The van der Waals surface area contributed by atoms with Crippen molar-refractivity contribution >= 4 is 29.6 Å². The first kappa shape index (κ1) is 23.2. The minimum atomic E-state index is -0.685. The predicted octanol–water partition coefficient (Wildman–Crippen LogP) is 4.15. The van der Waals surface area contributed by atoms with Crippen LogP contribution in [-0.4, -0.2) is 50.1 Å². The highest BCUT2D eigenvalue weighted by Crippen LogP contribution is 2.32. The molecule has 1 heterocycles. The van der Waals surface area contributed by atoms with Crippen LogP contribution in [0.4, 0.5) is 10.5 Å². The number of ether oxygens (including phenoxy) is 2. The minimum Gasteiger partial charge on any atom is -0.496 e. The summed E-state index contributed by atoms with van der Waals surface area (Å²) in [5.74, 6) is -0.350. The lowest BCUT2D eigenvalue weighted by Crippen LogP contribution is -2.57. The summed E-state index contributed by atoms with van der Waals surface area (Å²) in [5.41, 5.74) is 2.87. The second-order valence-electron chi connectivity index (χ2n) is 7.87. The van der Waals surface area contributed by atoms with Gasteiger partial charge in [-0.1, -0.05) is 32.0 Å². The highest BCUT2D eigenvalue weighted by atomic mass is 16.5. The topological polar surface area (TPSA) is 76.2 Å². The Morgan fingerprint density at radius 1 is 1.00 bits per heavy atom. The van der Waals surface area contributed by atoms with E-state index in [1.54, 1.807) is 43.5 Å². The Morgan fingerprint density at radius 2 is 1.69 bits per heavy atom. The molecule has 0 spiro atoms. The van der Waals surface area contributed by atoms with E-state index in [2.05, 4.69) is 0 Å². The van der Waals surface area contributed by atoms with Gasteiger partial charge in [-0.25, -0.2) is 9.69 Å². The molecule has 2 aromatic carbocycles. The SMILES string of the molecule is COCCN1C(=O)/C(=C/c2cc(C(C)C)c(OC)cc2C)C(=O)N(c2ccccc2)C1=O. The van der Waals surface area contributed by atoms with E-state index in [0.717, 1.165) is 32.2 Å². The molecule has 0 atom stereocenters. The average Bonchev–Trinajstić information content (AvgIpc) is 2.77. The number of aryl methyl sites for hydroxylation is 1. The molecule has 0 aromatic heterocycles. The zero-order chi connectivity index (χ0) is 23.4. The Kier molecular flexibility index (Phi) is 7.10. The van der Waals surface area contributed by atoms with Crippen LogP contribution in [0.1, 0.15) is 36.5 Å². The molecule has 4 amide bonds. The van der Waals surface area contributed by atoms with Crippen molar-refractivity contribution in [2.75, 3.05) is 32.3 Å². The molecule has 0 radical (unpaired) electrons. The number of hydrogen-bond acceptors (Lipinski definition) is 5. The number of nitrogens with zero attached hydrogens (tertiary/aromatic N) is 2. The summed E-state index contributed by atoms with van der Waals surface area (Å²) in [6, 6.07) is 11.7. The van der Waals surface area contributed by atoms with Crippen molar-refractivity contribution in [3.05, 3.63) is 64.7 Å². The number of carbonyl (C=O) groups is 3. The third-order valence-electron chi connectivity index (χ3n) is 5.40. The van der Waals surface area contributed by atoms with Gasteiger partial charge < -0.3 is 9.47 Å². The summed E-state index contributed by atoms with van der Waals surface area (Å²) >= 11 is 0. The van der Waals surface area contributed by atoms with E-state index in [1.165, 1.54) is 7.11 Å². The van der Waals surface area contributed by atoms with Gasteiger partial charge in [0.15, 0.2) is 0 Å². The molecule has 1 fully saturated rings. The molecular weight excluding hydrogens is 408 g/mol. The zero-order valence-corrected chi connectivity index (χ0v) is 19.0. The van der Waals surface area contributed by atoms with Gasteiger partial charge in [0, 0.05) is 7.11 Å². The lowest BCUT2D eigenvalue weighted by atomic mass is 9.94. The maximum absolute atomic E-state index is 13.4. The number of methoxy groups -OCH3 is 2. The maximum Gasteiger partial charge on any atom is 0.338 e. The van der Waals surface area contributed by atoms with Crippen molar-refractivity contribution < 1.29 is 23.9 Å². The molecule has 7 heteroatoms. The molecule has 1 aliphatic rings. The third-order valence-corrected chi connectivity index (χ3v) is 5.40. The van der Waals surface area contributed by atoms with Gasteiger partial charge in [0.2, 0.25) is 0 Å². The number of anilines is 1. The lowest BCUT2D eigenvalue weighted by molar-refractivity contribution is -0.129. The number of benzene rings is 2. The van der Waals surface area contributed by atoms with E-state index in [1.807, 2.05) is 32.9 Å². The van der Waals surface area contributed by atoms with Gasteiger partial charge in [-0.05, 0) is 59.9 Å². The predicted molar refractivity (Wildman–Crippen MR) is 123 cm³/mol. The first-order chi connectivity index (χ1) is 15.3. The van der Waals surface area contributed by atoms with Crippen LogP contribution in [0.15, 0.2) is 48.0 Å². The van der Waals surface area contributed by atoms with Crippen LogP contribution >= 0.6 is 0 Å². The van der Waals surface area contributed by atoms with Crippen LogP contribution in [0.5, 0.6) is 5.75 Å². The molecule has 0 aliphatic carbocycles. The largest absolute Gasteiger partial charge is 0.496 e. The van der Waals surface area contributed by atoms with Gasteiger partial charge in [-0.2, -0.15) is 0 Å². The number of amides is 4. The quantitative estimate of drug-likeness (QED) is 0.481. The second kappa shape index (κ2) is 9.78. The van der Waals surface area contributed by atoms with Gasteiger partial charge in [0.25, 0.3) is 11.8 Å². The Bertz CT molecular complexity index is 1060. The van der Waals surface area contributed by atoms with Crippen LogP contribution < -0.4 is 9.64 Å². The number of urea groups is 1. The molecule has 32 heavy (non-hydrogen) atoms. The van der Waals surface area contributed by atoms with Crippen molar-refractivity contribution in [2.45, 2.75) is 26.7 Å². The highest BCUT2D eigenvalue weighted by molar-refractivity contribution is 6.39. The molecule has 0 bridgehead atoms. The van der Waals surface area contributed by atoms with E-state index >= 15 is 0 Å². The number of carbonyl (C=O) groups excluding carboxylic acids is 3. The van der Waals surface area contributed by atoms with E-state index in [9.17, 15) is 14.4 Å². The summed E-state index contributed by atoms with van der Waals surface area (Å²) < 4.78 is 10.6. The normalized spacial score (nSPS) is 15.8. The first-order valence-electron chi connectivity index (χ1n) is 10.4. The van der Waals surface area contributed by atoms with Gasteiger partial charge in [-0.3, -0.25) is 14.5 Å². The molecule has 0 unspecified atom stereocenters. The molecule has 0 N–H and O–H groups in total. The standard InChI is InChI=1S/C25H28N2O5/c1-16(2)20-14-18(17(3)13-22(20)32-5)15-21-23(28)26(11-12-31-4)25(30)27(24(21)29)19-9-7-6-8-10-19/h6-10,13-16H,11-12H2,1-5H3/b21-15-. The summed E-state index contributed by atoms with van der Waals surface area (Å²) in [7, 11) is 3.11. The molecular formula is C25H28N2O5. The van der Waals surface area contributed by atoms with Gasteiger partial charge in [0.1, 0.15) is 11.3 Å². The summed E-state index contributed by atoms with van der Waals surface area (Å²) in [4.78, 5) is 41.7. The van der Waals surface area contributed by atoms with Crippen molar-refractivity contribution in [3.8, 4) is 5.75 Å². The molecule has 1 saturated heterocycles. The summed E-state index contributed by atoms with van der Waals surface area (Å²) in [5, 5.41) is 0. The average molecular weight is 437 g/mol. The van der Waals surface area contributed by atoms with Crippen molar-refractivity contribution in [3.63, 3.8) is 0 Å². The van der Waals surface area contributed by atoms with Gasteiger partial charge >= 0.3 is 6.03 Å². The van der Waals surface area contributed by atoms with Crippen molar-refractivity contribution in [1.82, 2.24) is 4.90 Å². The highest BCUT2D eigenvalue weighted by Gasteiger charge is 2.42. The fourth-order valence-corrected chi connectivity index (χ4v) is 3.61. The van der Waals surface area contributed by atoms with Crippen LogP contribution in [0.3, 0.4) is 0 Å². The fourth-order valence-electron chi connectivity index (χ4n) is 3.61. The first-order valence-corrected chi connectivity index (χ1v) is 10.4. The lowest BCUT2D eigenvalue weighted by Gasteiger charge is -2.33. The molecule has 2 aromatic rings. The van der Waals surface area contributed by atoms with E-state index in [0.29, 0.717) is 5.69 Å². The van der Waals surface area contributed by atoms with Gasteiger partial charge in [0.05, 0.1) is 25.9 Å². The molecule has 1 aliphatic heterocycles. The number of rotatable bonds is 7. The maximum atomic E-state index is 13.4. The molecule has 0 saturated carbocycles. The zero-order valence-electron chi connectivity index (χ0n) is 19.0. The van der Waals surface area contributed by atoms with Crippen LogP contribution in [0.25, 0.3) is 6.08 Å². The third kappa shape index (κ3) is 4.43. The number of imide groups is 2. The number of para-hydroxylation sites is 1. The smallest absolute Gasteiger partial charge is 0.338 e. The number of barbiturate groups is 1. The number of hydrogen-bond donors (Lipinski definition) is 0. The van der Waals surface area contributed by atoms with Crippen LogP contribution in [-0.2, 0) is 14.3 Å². The summed E-state index contributed by atoms with van der Waals surface area (Å²) in [6.07, 6.45) is 1.56. The Labute approximate surface area is 188 Å². The minimum absolute atomic E-state index is 0.0426. The monoisotopic (exact) mass is 436 g/mol. The van der Waals surface area contributed by atoms with E-state index in [-0.39, 0.29) is 24.6 Å². The van der Waals surface area contributed by atoms with Crippen LogP contribution in [0, 0.1) is 6.92 Å². The fraction of sp³-hybridized carbons (Fsp3) is 0.320.